The average molecular weight is 196 g/mol. The fraction of sp³-hybridized carbons (Fsp3) is 0.833. The lowest BCUT2D eigenvalue weighted by Crippen LogP contribution is -2.37. The number of nitrogens with one attached hydrogen (secondary N) is 1. The van der Waals surface area contributed by atoms with Gasteiger partial charge in [-0.15, -0.1) is 6.58 Å². The Kier molecular flexibility index (Phi) is 4.63. The monoisotopic (exact) mass is 196 g/mol. The Morgan fingerprint density at radius 3 is 2.64 bits per heavy atom. The Hall–Kier alpha value is -0.340. The summed E-state index contributed by atoms with van der Waals surface area (Å²) in [5, 5.41) is 3.46. The molecule has 14 heavy (non-hydrogen) atoms. The molecule has 2 unspecified atom stereocenters. The molecule has 0 aromatic rings. The molecule has 0 bridgehead atoms. The third kappa shape index (κ3) is 3.10. The van der Waals surface area contributed by atoms with Crippen LogP contribution in [0.2, 0.25) is 0 Å². The van der Waals surface area contributed by atoms with E-state index in [1.807, 2.05) is 6.08 Å². The SMILES string of the molecule is C=CCN(CC1CNCC1C)C(C)C. The van der Waals surface area contributed by atoms with Gasteiger partial charge in [0.15, 0.2) is 0 Å². The summed E-state index contributed by atoms with van der Waals surface area (Å²) in [5.41, 5.74) is 0. The second-order valence-corrected chi connectivity index (χ2v) is 4.73. The van der Waals surface area contributed by atoms with Gasteiger partial charge in [-0.1, -0.05) is 13.0 Å². The predicted molar refractivity (Wildman–Crippen MR) is 62.4 cm³/mol. The van der Waals surface area contributed by atoms with E-state index in [1.165, 1.54) is 19.6 Å². The topological polar surface area (TPSA) is 15.3 Å². The molecule has 1 fully saturated rings. The molecule has 0 spiro atoms. The number of rotatable bonds is 5. The van der Waals surface area contributed by atoms with Gasteiger partial charge in [0.05, 0.1) is 0 Å². The maximum atomic E-state index is 3.82. The highest BCUT2D eigenvalue weighted by molar-refractivity contribution is 4.84. The van der Waals surface area contributed by atoms with Gasteiger partial charge in [0, 0.05) is 19.1 Å². The highest BCUT2D eigenvalue weighted by atomic mass is 15.1. The molecule has 0 amide bonds. The van der Waals surface area contributed by atoms with E-state index in [2.05, 4.69) is 37.6 Å². The molecule has 1 rings (SSSR count). The summed E-state index contributed by atoms with van der Waals surface area (Å²) in [5.74, 6) is 1.64. The molecule has 0 aliphatic carbocycles. The molecule has 0 radical (unpaired) electrons. The zero-order chi connectivity index (χ0) is 10.6. The van der Waals surface area contributed by atoms with Crippen molar-refractivity contribution >= 4 is 0 Å². The van der Waals surface area contributed by atoms with E-state index in [0.717, 1.165) is 18.4 Å². The molecule has 1 heterocycles. The minimum atomic E-state index is 0.626. The zero-order valence-electron chi connectivity index (χ0n) is 9.79. The fourth-order valence-electron chi connectivity index (χ4n) is 2.07. The van der Waals surface area contributed by atoms with Gasteiger partial charge in [-0.05, 0) is 38.8 Å². The Bertz CT molecular complexity index is 177. The van der Waals surface area contributed by atoms with Gasteiger partial charge in [0.1, 0.15) is 0 Å². The van der Waals surface area contributed by atoms with Crippen molar-refractivity contribution in [3.8, 4) is 0 Å². The standard InChI is InChI=1S/C12H24N2/c1-5-6-14(10(2)3)9-12-8-13-7-11(12)4/h5,10-13H,1,6-9H2,2-4H3. The smallest absolute Gasteiger partial charge is 0.0163 e. The van der Waals surface area contributed by atoms with Crippen LogP contribution < -0.4 is 5.32 Å². The third-order valence-electron chi connectivity index (χ3n) is 3.24. The van der Waals surface area contributed by atoms with Crippen molar-refractivity contribution in [1.29, 1.82) is 0 Å². The number of nitrogens with zero attached hydrogens (tertiary/aromatic N) is 1. The van der Waals surface area contributed by atoms with Crippen molar-refractivity contribution < 1.29 is 0 Å². The van der Waals surface area contributed by atoms with Gasteiger partial charge in [-0.2, -0.15) is 0 Å². The van der Waals surface area contributed by atoms with Crippen LogP contribution >= 0.6 is 0 Å². The Morgan fingerprint density at radius 1 is 1.50 bits per heavy atom. The first-order valence-corrected chi connectivity index (χ1v) is 5.70. The molecule has 1 N–H and O–H groups in total. The molecule has 82 valence electrons. The molecular weight excluding hydrogens is 172 g/mol. The quantitative estimate of drug-likeness (QED) is 0.674. The van der Waals surface area contributed by atoms with E-state index in [9.17, 15) is 0 Å². The highest BCUT2D eigenvalue weighted by Gasteiger charge is 2.25. The van der Waals surface area contributed by atoms with Crippen LogP contribution in [0.5, 0.6) is 0 Å². The van der Waals surface area contributed by atoms with Crippen LogP contribution in [0, 0.1) is 11.8 Å². The van der Waals surface area contributed by atoms with Crippen LogP contribution in [0.3, 0.4) is 0 Å². The molecule has 2 nitrogen and oxygen atoms in total. The first-order valence-electron chi connectivity index (χ1n) is 5.70. The van der Waals surface area contributed by atoms with Crippen molar-refractivity contribution in [2.75, 3.05) is 26.2 Å². The first-order chi connectivity index (χ1) is 6.65. The van der Waals surface area contributed by atoms with Crippen LogP contribution in [-0.2, 0) is 0 Å². The van der Waals surface area contributed by atoms with Crippen molar-refractivity contribution in [2.45, 2.75) is 26.8 Å². The van der Waals surface area contributed by atoms with Crippen molar-refractivity contribution in [1.82, 2.24) is 10.2 Å². The Morgan fingerprint density at radius 2 is 2.21 bits per heavy atom. The molecule has 0 aromatic heterocycles. The van der Waals surface area contributed by atoms with Crippen molar-refractivity contribution in [3.05, 3.63) is 12.7 Å². The van der Waals surface area contributed by atoms with Crippen LogP contribution in [0.15, 0.2) is 12.7 Å². The molecule has 1 saturated heterocycles. The van der Waals surface area contributed by atoms with Crippen molar-refractivity contribution in [3.63, 3.8) is 0 Å². The van der Waals surface area contributed by atoms with Crippen LogP contribution in [-0.4, -0.2) is 37.1 Å². The minimum absolute atomic E-state index is 0.626. The van der Waals surface area contributed by atoms with Gasteiger partial charge in [-0.25, -0.2) is 0 Å². The second kappa shape index (κ2) is 5.52. The average Bonchev–Trinajstić information content (AvgIpc) is 2.51. The normalized spacial score (nSPS) is 27.5. The summed E-state index contributed by atoms with van der Waals surface area (Å²) in [6.07, 6.45) is 2.01. The lowest BCUT2D eigenvalue weighted by atomic mass is 9.97. The van der Waals surface area contributed by atoms with Gasteiger partial charge < -0.3 is 5.32 Å². The third-order valence-corrected chi connectivity index (χ3v) is 3.24. The van der Waals surface area contributed by atoms with Crippen molar-refractivity contribution in [2.24, 2.45) is 11.8 Å². The van der Waals surface area contributed by atoms with E-state index < -0.39 is 0 Å². The zero-order valence-corrected chi connectivity index (χ0v) is 9.79. The lowest BCUT2D eigenvalue weighted by Gasteiger charge is -2.29. The predicted octanol–water partition coefficient (Wildman–Crippen LogP) is 1.74. The summed E-state index contributed by atoms with van der Waals surface area (Å²) in [6, 6.07) is 0.626. The molecular formula is C12H24N2. The largest absolute Gasteiger partial charge is 0.316 e. The minimum Gasteiger partial charge on any atom is -0.316 e. The van der Waals surface area contributed by atoms with Crippen LogP contribution in [0.25, 0.3) is 0 Å². The Balaban J connectivity index is 2.41. The van der Waals surface area contributed by atoms with Crippen LogP contribution in [0.4, 0.5) is 0 Å². The fourth-order valence-corrected chi connectivity index (χ4v) is 2.07. The van der Waals surface area contributed by atoms with E-state index in [-0.39, 0.29) is 0 Å². The summed E-state index contributed by atoms with van der Waals surface area (Å²) < 4.78 is 0. The Labute approximate surface area is 88.4 Å². The van der Waals surface area contributed by atoms with Gasteiger partial charge in [0.2, 0.25) is 0 Å². The summed E-state index contributed by atoms with van der Waals surface area (Å²) >= 11 is 0. The molecule has 2 heteroatoms. The van der Waals surface area contributed by atoms with Gasteiger partial charge in [0.25, 0.3) is 0 Å². The van der Waals surface area contributed by atoms with Crippen LogP contribution in [0.1, 0.15) is 20.8 Å². The highest BCUT2D eigenvalue weighted by Crippen LogP contribution is 2.18. The summed E-state index contributed by atoms with van der Waals surface area (Å²) in [4.78, 5) is 2.50. The summed E-state index contributed by atoms with van der Waals surface area (Å²) in [6.45, 7) is 15.3. The molecule has 0 aromatic carbocycles. The molecule has 2 atom stereocenters. The second-order valence-electron chi connectivity index (χ2n) is 4.73. The number of hydrogen-bond donors (Lipinski definition) is 1. The molecule has 1 aliphatic rings. The number of hydrogen-bond acceptors (Lipinski definition) is 2. The van der Waals surface area contributed by atoms with E-state index in [1.54, 1.807) is 0 Å². The van der Waals surface area contributed by atoms with E-state index in [0.29, 0.717) is 6.04 Å². The summed E-state index contributed by atoms with van der Waals surface area (Å²) in [7, 11) is 0. The first kappa shape index (κ1) is 11.7. The van der Waals surface area contributed by atoms with E-state index >= 15 is 0 Å². The van der Waals surface area contributed by atoms with Gasteiger partial charge in [-0.3, -0.25) is 4.90 Å². The molecule has 0 saturated carbocycles. The maximum absolute atomic E-state index is 3.82. The van der Waals surface area contributed by atoms with E-state index in [4.69, 9.17) is 0 Å². The molecule has 1 aliphatic heterocycles. The lowest BCUT2D eigenvalue weighted by molar-refractivity contribution is 0.196. The maximum Gasteiger partial charge on any atom is 0.0163 e. The van der Waals surface area contributed by atoms with Gasteiger partial charge >= 0.3 is 0 Å².